The maximum absolute atomic E-state index is 10.1. The fourth-order valence-corrected chi connectivity index (χ4v) is 0.858. The van der Waals surface area contributed by atoms with Crippen LogP contribution < -0.4 is 5.73 Å². The molecule has 0 aliphatic heterocycles. The monoisotopic (exact) mass is 212 g/mol. The fraction of sp³-hybridized carbons (Fsp3) is 0.800. The molecule has 0 saturated heterocycles. The van der Waals surface area contributed by atoms with Gasteiger partial charge < -0.3 is 10.8 Å². The average Bonchev–Trinajstić information content (AvgIpc) is 2.01. The summed E-state index contributed by atoms with van der Waals surface area (Å²) in [6.45, 7) is 0. The molecule has 0 fully saturated rings. The van der Waals surface area contributed by atoms with Gasteiger partial charge in [-0.15, -0.1) is 0 Å². The second kappa shape index (κ2) is 10.6. The Morgan fingerprint density at radius 3 is 2.42 bits per heavy atom. The normalized spacial score (nSPS) is 10.8. The van der Waals surface area contributed by atoms with Gasteiger partial charge in [-0.3, -0.25) is 4.79 Å². The van der Waals surface area contributed by atoms with Crippen LogP contribution in [0.15, 0.2) is 0 Å². The third-order valence-electron chi connectivity index (χ3n) is 0.950. The lowest BCUT2D eigenvalue weighted by atomic mass is 10.2. The third-order valence-corrected chi connectivity index (χ3v) is 1.59. The van der Waals surface area contributed by atoms with Crippen LogP contribution in [0, 0.1) is 4.78 Å². The lowest BCUT2D eigenvalue weighted by molar-refractivity contribution is -0.138. The molecule has 0 amide bonds. The molecule has 0 aromatic carbocycles. The lowest BCUT2D eigenvalue weighted by Crippen LogP contribution is -2.30. The van der Waals surface area contributed by atoms with Crippen LogP contribution in [0.25, 0.3) is 0 Å². The van der Waals surface area contributed by atoms with Gasteiger partial charge in [0.15, 0.2) is 11.5 Å². The molecular formula is C5H12N2O3S2. The summed E-state index contributed by atoms with van der Waals surface area (Å²) in [6.07, 6.45) is 2.48. The summed E-state index contributed by atoms with van der Waals surface area (Å²) in [5.74, 6) is -0.1000. The molecule has 0 radical (unpaired) electrons. The number of hydrogen-bond acceptors (Lipinski definition) is 5. The van der Waals surface area contributed by atoms with Crippen molar-refractivity contribution >= 4 is 29.2 Å². The Bertz CT molecular complexity index is 159. The molecule has 0 saturated carbocycles. The Morgan fingerprint density at radius 1 is 1.75 bits per heavy atom. The highest BCUT2D eigenvalue weighted by Gasteiger charge is 2.08. The number of nitrogens with one attached hydrogen (secondary N) is 1. The average molecular weight is 212 g/mol. The number of aliphatic carboxylic acids is 1. The van der Waals surface area contributed by atoms with E-state index >= 15 is 0 Å². The number of carboxylic acids is 1. The van der Waals surface area contributed by atoms with Gasteiger partial charge in [0.05, 0.1) is 0 Å². The molecule has 0 heterocycles. The predicted octanol–water partition coefficient (Wildman–Crippen LogP) is 0.113. The van der Waals surface area contributed by atoms with Gasteiger partial charge in [0.2, 0.25) is 0 Å². The quantitative estimate of drug-likeness (QED) is 0.613. The van der Waals surface area contributed by atoms with E-state index in [9.17, 15) is 4.79 Å². The molecule has 4 N–H and O–H groups in total. The Labute approximate surface area is 78.8 Å². The molecule has 0 rings (SSSR count). The van der Waals surface area contributed by atoms with Crippen molar-refractivity contribution in [2.45, 2.75) is 12.5 Å². The van der Waals surface area contributed by atoms with Crippen molar-refractivity contribution < 1.29 is 14.1 Å². The minimum Gasteiger partial charge on any atom is -0.480 e. The number of carbonyl (C=O) groups is 1. The summed E-state index contributed by atoms with van der Waals surface area (Å²) in [7, 11) is 0. The first-order chi connectivity index (χ1) is 5.59. The van der Waals surface area contributed by atoms with Gasteiger partial charge in [-0.2, -0.15) is 16.0 Å². The molecular weight excluding hydrogens is 200 g/mol. The highest BCUT2D eigenvalue weighted by Crippen LogP contribution is 1.97. The minimum absolute atomic E-state index is 0.250. The maximum atomic E-state index is 10.1. The van der Waals surface area contributed by atoms with Crippen molar-refractivity contribution in [3.63, 3.8) is 0 Å². The number of thioether (sulfide) groups is 1. The van der Waals surface area contributed by atoms with Crippen molar-refractivity contribution in [3.8, 4) is 0 Å². The molecule has 5 nitrogen and oxygen atoms in total. The molecule has 72 valence electrons. The smallest absolute Gasteiger partial charge is 0.320 e. The van der Waals surface area contributed by atoms with Gasteiger partial charge in [0.25, 0.3) is 0 Å². The first kappa shape index (κ1) is 14.1. The topological polar surface area (TPSA) is 104 Å². The maximum Gasteiger partial charge on any atom is 0.320 e. The Hall–Kier alpha value is -0.400. The number of rotatable bonds is 4. The van der Waals surface area contributed by atoms with E-state index in [4.69, 9.17) is 19.8 Å². The summed E-state index contributed by atoms with van der Waals surface area (Å²) in [5.41, 5.74) is 5.19. The fourth-order valence-electron chi connectivity index (χ4n) is 0.368. The lowest BCUT2D eigenvalue weighted by Gasteiger charge is -2.02. The van der Waals surface area contributed by atoms with E-state index in [0.717, 1.165) is 5.75 Å². The standard InChI is InChI=1S/C5H11NO2S.HNOS/c1-9-3-2-4(6)5(7)8;1-3-2/h4H,2-3,6H2,1H3,(H,7,8);1H. The van der Waals surface area contributed by atoms with Crippen LogP contribution in [-0.4, -0.2) is 33.3 Å². The van der Waals surface area contributed by atoms with E-state index < -0.39 is 12.0 Å². The predicted molar refractivity (Wildman–Crippen MR) is 49.5 cm³/mol. The van der Waals surface area contributed by atoms with E-state index in [0.29, 0.717) is 6.42 Å². The SMILES string of the molecule is CSCCC(N)C(=O)O.N=S=O. The Morgan fingerprint density at radius 2 is 2.17 bits per heavy atom. The first-order valence-corrected chi connectivity index (χ1v) is 5.16. The van der Waals surface area contributed by atoms with Crippen molar-refractivity contribution in [3.05, 3.63) is 0 Å². The second-order valence-electron chi connectivity index (χ2n) is 1.81. The number of carboxylic acid groups (broad SMARTS) is 1. The zero-order valence-electron chi connectivity index (χ0n) is 6.65. The van der Waals surface area contributed by atoms with Crippen LogP contribution in [-0.2, 0) is 16.3 Å². The molecule has 1 unspecified atom stereocenters. The van der Waals surface area contributed by atoms with Gasteiger partial charge >= 0.3 is 5.97 Å². The zero-order valence-corrected chi connectivity index (χ0v) is 8.28. The molecule has 0 aliphatic carbocycles. The number of nitrogens with two attached hydrogens (primary N) is 1. The largest absolute Gasteiger partial charge is 0.480 e. The molecule has 12 heavy (non-hydrogen) atoms. The Balaban J connectivity index is 0. The molecule has 0 spiro atoms. The van der Waals surface area contributed by atoms with Gasteiger partial charge in [-0.05, 0) is 18.4 Å². The highest BCUT2D eigenvalue weighted by molar-refractivity contribution is 7.98. The van der Waals surface area contributed by atoms with E-state index in [2.05, 4.69) is 0 Å². The summed E-state index contributed by atoms with van der Waals surface area (Å²) >= 11 is 1.35. The van der Waals surface area contributed by atoms with Crippen LogP contribution in [0.2, 0.25) is 0 Å². The molecule has 0 aliphatic rings. The third kappa shape index (κ3) is 12.3. The summed E-state index contributed by atoms with van der Waals surface area (Å²) in [5, 5.41) is 8.27. The first-order valence-electron chi connectivity index (χ1n) is 3.03. The number of hydrogen-bond donors (Lipinski definition) is 3. The van der Waals surface area contributed by atoms with Crippen LogP contribution in [0.5, 0.6) is 0 Å². The van der Waals surface area contributed by atoms with Gasteiger partial charge in [0.1, 0.15) is 6.04 Å². The summed E-state index contributed by atoms with van der Waals surface area (Å²) in [4.78, 5) is 10.1. The highest BCUT2D eigenvalue weighted by atomic mass is 32.2. The van der Waals surface area contributed by atoms with Crippen LogP contribution in [0.1, 0.15) is 6.42 Å². The van der Waals surface area contributed by atoms with Crippen molar-refractivity contribution in [1.82, 2.24) is 0 Å². The van der Waals surface area contributed by atoms with Gasteiger partial charge in [-0.1, -0.05) is 0 Å². The minimum atomic E-state index is -0.913. The van der Waals surface area contributed by atoms with Crippen molar-refractivity contribution in [1.29, 1.82) is 4.78 Å². The van der Waals surface area contributed by atoms with Crippen LogP contribution in [0.3, 0.4) is 0 Å². The summed E-state index contributed by atoms with van der Waals surface area (Å²) < 4.78 is 14.1. The zero-order chi connectivity index (χ0) is 9.98. The second-order valence-corrected chi connectivity index (χ2v) is 2.96. The van der Waals surface area contributed by atoms with E-state index in [-0.39, 0.29) is 11.5 Å². The Kier molecular flexibility index (Phi) is 12.5. The van der Waals surface area contributed by atoms with Gasteiger partial charge in [0, 0.05) is 0 Å². The van der Waals surface area contributed by atoms with Crippen molar-refractivity contribution in [2.24, 2.45) is 5.73 Å². The van der Waals surface area contributed by atoms with E-state index in [1.54, 1.807) is 11.8 Å². The molecule has 0 aromatic heterocycles. The van der Waals surface area contributed by atoms with Crippen molar-refractivity contribution in [2.75, 3.05) is 12.0 Å². The van der Waals surface area contributed by atoms with E-state index in [1.807, 2.05) is 6.26 Å². The van der Waals surface area contributed by atoms with Crippen LogP contribution in [0.4, 0.5) is 0 Å². The van der Waals surface area contributed by atoms with Crippen LogP contribution >= 0.6 is 11.8 Å². The van der Waals surface area contributed by atoms with E-state index in [1.165, 1.54) is 0 Å². The van der Waals surface area contributed by atoms with Gasteiger partial charge in [-0.25, -0.2) is 4.78 Å². The molecule has 7 heteroatoms. The molecule has 0 bridgehead atoms. The summed E-state index contributed by atoms with van der Waals surface area (Å²) in [6, 6.07) is -0.683. The molecule has 1 atom stereocenters. The molecule has 0 aromatic rings.